The number of hydrogen-bond acceptors (Lipinski definition) is 5. The molecule has 0 saturated heterocycles. The molecule has 0 radical (unpaired) electrons. The molecule has 2 heterocycles. The van der Waals surface area contributed by atoms with Crippen LogP contribution < -0.4 is 5.32 Å². The number of pyridine rings is 1. The molecule has 1 N–H and O–H groups in total. The fraction of sp³-hybridized carbons (Fsp3) is 0.353. The second-order valence-electron chi connectivity index (χ2n) is 5.39. The molecule has 1 amide bonds. The van der Waals surface area contributed by atoms with Gasteiger partial charge in [-0.2, -0.15) is 5.26 Å². The van der Waals surface area contributed by atoms with Crippen LogP contribution in [0.15, 0.2) is 24.7 Å². The minimum atomic E-state index is -0.372. The first-order valence-corrected chi connectivity index (χ1v) is 7.51. The number of carbonyl (C=O) groups is 1. The van der Waals surface area contributed by atoms with E-state index < -0.39 is 0 Å². The van der Waals surface area contributed by atoms with Gasteiger partial charge in [0.15, 0.2) is 5.82 Å². The van der Waals surface area contributed by atoms with Crippen LogP contribution in [0.4, 0.5) is 5.82 Å². The van der Waals surface area contributed by atoms with Crippen LogP contribution in [-0.2, 0) is 4.79 Å². The summed E-state index contributed by atoms with van der Waals surface area (Å²) >= 11 is 0. The van der Waals surface area contributed by atoms with Crippen molar-refractivity contribution in [3.05, 3.63) is 47.2 Å². The highest BCUT2D eigenvalue weighted by atomic mass is 16.1. The van der Waals surface area contributed by atoms with Crippen molar-refractivity contribution in [2.24, 2.45) is 0 Å². The molecule has 2 aromatic rings. The molecule has 0 bridgehead atoms. The van der Waals surface area contributed by atoms with Crippen LogP contribution in [0.25, 0.3) is 0 Å². The molecule has 0 aromatic carbocycles. The summed E-state index contributed by atoms with van der Waals surface area (Å²) in [6.07, 6.45) is 6.31. The van der Waals surface area contributed by atoms with Crippen molar-refractivity contribution >= 4 is 11.7 Å². The van der Waals surface area contributed by atoms with Crippen molar-refractivity contribution in [2.45, 2.75) is 39.5 Å². The third kappa shape index (κ3) is 4.10. The van der Waals surface area contributed by atoms with Crippen molar-refractivity contribution in [2.75, 3.05) is 5.32 Å². The van der Waals surface area contributed by atoms with Gasteiger partial charge in [-0.25, -0.2) is 4.98 Å². The first-order valence-electron chi connectivity index (χ1n) is 7.51. The molecule has 0 aliphatic carbocycles. The Morgan fingerprint density at radius 1 is 1.26 bits per heavy atom. The summed E-state index contributed by atoms with van der Waals surface area (Å²) in [5, 5.41) is 11.9. The first kappa shape index (κ1) is 16.6. The highest BCUT2D eigenvalue weighted by Gasteiger charge is 2.21. The molecular formula is C17H19N5O. The average Bonchev–Trinajstić information content (AvgIpc) is 2.55. The molecule has 6 heteroatoms. The van der Waals surface area contributed by atoms with Gasteiger partial charge < -0.3 is 5.32 Å². The molecule has 0 saturated carbocycles. The van der Waals surface area contributed by atoms with Gasteiger partial charge in [-0.1, -0.05) is 13.3 Å². The van der Waals surface area contributed by atoms with E-state index in [1.54, 1.807) is 25.4 Å². The highest BCUT2D eigenvalue weighted by molar-refractivity contribution is 5.95. The number of amides is 1. The van der Waals surface area contributed by atoms with E-state index in [1.165, 1.54) is 6.20 Å². The van der Waals surface area contributed by atoms with Gasteiger partial charge >= 0.3 is 0 Å². The quantitative estimate of drug-likeness (QED) is 0.917. The normalized spacial score (nSPS) is 11.6. The van der Waals surface area contributed by atoms with Crippen LogP contribution in [0.1, 0.15) is 48.2 Å². The lowest BCUT2D eigenvalue weighted by Gasteiger charge is -2.16. The topological polar surface area (TPSA) is 91.6 Å². The standard InChI is InChI=1S/C17H19N5O/c1-4-5-15(14-6-13(7-18)12(3)20-9-14)17(23)22-16-10-19-11(2)8-21-16/h6,8-10,15H,4-5H2,1-3H3,(H,21,22,23). The van der Waals surface area contributed by atoms with E-state index in [0.29, 0.717) is 23.5 Å². The highest BCUT2D eigenvalue weighted by Crippen LogP contribution is 2.24. The van der Waals surface area contributed by atoms with Gasteiger partial charge in [-0.05, 0) is 31.9 Å². The minimum Gasteiger partial charge on any atom is -0.309 e. The Bertz CT molecular complexity index is 734. The Balaban J connectivity index is 2.25. The molecule has 118 valence electrons. The molecule has 0 spiro atoms. The summed E-state index contributed by atoms with van der Waals surface area (Å²) < 4.78 is 0. The zero-order valence-corrected chi connectivity index (χ0v) is 13.5. The van der Waals surface area contributed by atoms with Crippen LogP contribution >= 0.6 is 0 Å². The predicted octanol–water partition coefficient (Wildman–Crippen LogP) is 2.88. The van der Waals surface area contributed by atoms with Crippen molar-refractivity contribution in [3.8, 4) is 6.07 Å². The van der Waals surface area contributed by atoms with E-state index in [2.05, 4.69) is 26.3 Å². The molecule has 6 nitrogen and oxygen atoms in total. The smallest absolute Gasteiger partial charge is 0.233 e. The van der Waals surface area contributed by atoms with E-state index in [4.69, 9.17) is 5.26 Å². The Labute approximate surface area is 135 Å². The van der Waals surface area contributed by atoms with Crippen molar-refractivity contribution in [3.63, 3.8) is 0 Å². The maximum absolute atomic E-state index is 12.6. The van der Waals surface area contributed by atoms with Gasteiger partial charge in [0.05, 0.1) is 35.3 Å². The van der Waals surface area contributed by atoms with Crippen LogP contribution in [-0.4, -0.2) is 20.9 Å². The fourth-order valence-corrected chi connectivity index (χ4v) is 2.26. The molecule has 0 aliphatic heterocycles. The number of aryl methyl sites for hydroxylation is 2. The van der Waals surface area contributed by atoms with E-state index in [0.717, 1.165) is 17.7 Å². The third-order valence-electron chi connectivity index (χ3n) is 3.56. The lowest BCUT2D eigenvalue weighted by atomic mass is 9.93. The lowest BCUT2D eigenvalue weighted by molar-refractivity contribution is -0.117. The number of nitrogens with zero attached hydrogens (tertiary/aromatic N) is 4. The average molecular weight is 309 g/mol. The molecule has 2 aromatic heterocycles. The number of aromatic nitrogens is 3. The van der Waals surface area contributed by atoms with Gasteiger partial charge in [0.2, 0.25) is 5.91 Å². The van der Waals surface area contributed by atoms with E-state index in [-0.39, 0.29) is 11.8 Å². The predicted molar refractivity (Wildman–Crippen MR) is 86.7 cm³/mol. The fourth-order valence-electron chi connectivity index (χ4n) is 2.26. The maximum Gasteiger partial charge on any atom is 0.233 e. The van der Waals surface area contributed by atoms with E-state index in [1.807, 2.05) is 13.8 Å². The Hall–Kier alpha value is -2.81. The zero-order valence-electron chi connectivity index (χ0n) is 13.5. The SMILES string of the molecule is CCCC(C(=O)Nc1cnc(C)cn1)c1cnc(C)c(C#N)c1. The Morgan fingerprint density at radius 3 is 2.65 bits per heavy atom. The number of anilines is 1. The maximum atomic E-state index is 12.6. The monoisotopic (exact) mass is 309 g/mol. The molecule has 2 rings (SSSR count). The second kappa shape index (κ2) is 7.45. The largest absolute Gasteiger partial charge is 0.309 e. The van der Waals surface area contributed by atoms with Gasteiger partial charge in [0.25, 0.3) is 0 Å². The molecule has 0 fully saturated rings. The van der Waals surface area contributed by atoms with Gasteiger partial charge in [0, 0.05) is 6.20 Å². The number of nitrogens with one attached hydrogen (secondary N) is 1. The van der Waals surface area contributed by atoms with Gasteiger partial charge in [-0.3, -0.25) is 14.8 Å². The van der Waals surface area contributed by atoms with Gasteiger partial charge in [0.1, 0.15) is 6.07 Å². The number of rotatable bonds is 5. The summed E-state index contributed by atoms with van der Waals surface area (Å²) in [7, 11) is 0. The first-order chi connectivity index (χ1) is 11.0. The summed E-state index contributed by atoms with van der Waals surface area (Å²) in [5.41, 5.74) is 2.68. The molecule has 23 heavy (non-hydrogen) atoms. The zero-order chi connectivity index (χ0) is 16.8. The summed E-state index contributed by atoms with van der Waals surface area (Å²) in [5.74, 6) is -0.120. The van der Waals surface area contributed by atoms with Crippen molar-refractivity contribution in [1.29, 1.82) is 5.26 Å². The Kier molecular flexibility index (Phi) is 5.36. The summed E-state index contributed by atoms with van der Waals surface area (Å²) in [6.45, 7) is 5.62. The van der Waals surface area contributed by atoms with E-state index in [9.17, 15) is 4.79 Å². The van der Waals surface area contributed by atoms with Crippen molar-refractivity contribution in [1.82, 2.24) is 15.0 Å². The van der Waals surface area contributed by atoms with Crippen LogP contribution in [0.3, 0.4) is 0 Å². The van der Waals surface area contributed by atoms with Crippen LogP contribution in [0.5, 0.6) is 0 Å². The summed E-state index contributed by atoms with van der Waals surface area (Å²) in [6, 6.07) is 3.85. The molecule has 1 unspecified atom stereocenters. The third-order valence-corrected chi connectivity index (χ3v) is 3.56. The van der Waals surface area contributed by atoms with Crippen molar-refractivity contribution < 1.29 is 4.79 Å². The van der Waals surface area contributed by atoms with E-state index >= 15 is 0 Å². The lowest BCUT2D eigenvalue weighted by Crippen LogP contribution is -2.22. The number of carbonyl (C=O) groups excluding carboxylic acids is 1. The van der Waals surface area contributed by atoms with Crippen LogP contribution in [0.2, 0.25) is 0 Å². The molecule has 1 atom stereocenters. The number of hydrogen-bond donors (Lipinski definition) is 1. The molecular weight excluding hydrogens is 290 g/mol. The molecule has 0 aliphatic rings. The van der Waals surface area contributed by atoms with Gasteiger partial charge in [-0.15, -0.1) is 0 Å². The second-order valence-corrected chi connectivity index (χ2v) is 5.39. The number of nitriles is 1. The van der Waals surface area contributed by atoms with Crippen LogP contribution in [0, 0.1) is 25.2 Å². The summed E-state index contributed by atoms with van der Waals surface area (Å²) in [4.78, 5) is 25.1. The Morgan fingerprint density at radius 2 is 2.04 bits per heavy atom. The minimum absolute atomic E-state index is 0.167.